The van der Waals surface area contributed by atoms with Gasteiger partial charge in [0.2, 0.25) is 5.95 Å². The van der Waals surface area contributed by atoms with Gasteiger partial charge in [-0.1, -0.05) is 6.92 Å². The van der Waals surface area contributed by atoms with Crippen LogP contribution in [0.4, 0.5) is 17.5 Å². The number of aromatic amines is 1. The Kier molecular flexibility index (Phi) is 4.52. The Morgan fingerprint density at radius 3 is 2.90 bits per heavy atom. The smallest absolute Gasteiger partial charge is 0.354 e. The molecule has 1 aromatic rings. The fourth-order valence-electron chi connectivity index (χ4n) is 2.05. The zero-order valence-corrected chi connectivity index (χ0v) is 12.3. The first-order valence-electron chi connectivity index (χ1n) is 6.38. The molecule has 10 nitrogen and oxygen atoms in total. The molecule has 0 aromatic carbocycles. The minimum Gasteiger partial charge on any atom is -0.369 e. The minimum atomic E-state index is -4.27. The maximum absolute atomic E-state index is 11.6. The Labute approximate surface area is 120 Å². The predicted molar refractivity (Wildman–Crippen MR) is 77.2 cm³/mol. The van der Waals surface area contributed by atoms with Gasteiger partial charge < -0.3 is 30.5 Å². The summed E-state index contributed by atoms with van der Waals surface area (Å²) in [5, 5.41) is 2.88. The Morgan fingerprint density at radius 1 is 1.57 bits per heavy atom. The van der Waals surface area contributed by atoms with E-state index in [4.69, 9.17) is 20.3 Å². The molecular formula is C10H18N5O5P. The normalized spacial score (nSPS) is 15.7. The second kappa shape index (κ2) is 6.02. The van der Waals surface area contributed by atoms with Crippen LogP contribution in [-0.2, 0) is 9.30 Å². The summed E-state index contributed by atoms with van der Waals surface area (Å²) in [4.78, 5) is 37.9. The molecule has 1 atom stereocenters. The number of ether oxygens (including phenoxy) is 1. The van der Waals surface area contributed by atoms with Crippen LogP contribution in [0.2, 0.25) is 0 Å². The number of nitrogens with two attached hydrogens (primary N) is 1. The van der Waals surface area contributed by atoms with Gasteiger partial charge in [-0.05, 0) is 6.42 Å². The molecule has 0 saturated carbocycles. The van der Waals surface area contributed by atoms with Gasteiger partial charge in [0.25, 0.3) is 5.56 Å². The summed E-state index contributed by atoms with van der Waals surface area (Å²) in [7, 11) is -4.27. The molecule has 0 radical (unpaired) electrons. The van der Waals surface area contributed by atoms with Gasteiger partial charge in [0, 0.05) is 6.54 Å². The van der Waals surface area contributed by atoms with Gasteiger partial charge in [-0.25, -0.2) is 0 Å². The van der Waals surface area contributed by atoms with Gasteiger partial charge in [-0.3, -0.25) is 14.3 Å². The Balaban J connectivity index is 1.99. The lowest BCUT2D eigenvalue weighted by Gasteiger charge is -2.21. The van der Waals surface area contributed by atoms with E-state index in [0.29, 0.717) is 24.7 Å². The van der Waals surface area contributed by atoms with Gasteiger partial charge in [0.05, 0.1) is 13.3 Å². The molecule has 1 unspecified atom stereocenters. The van der Waals surface area contributed by atoms with Crippen LogP contribution in [0.25, 0.3) is 0 Å². The quantitative estimate of drug-likeness (QED) is 0.435. The monoisotopic (exact) mass is 319 g/mol. The third-order valence-corrected chi connectivity index (χ3v) is 4.33. The van der Waals surface area contributed by atoms with Crippen LogP contribution in [0.5, 0.6) is 0 Å². The van der Waals surface area contributed by atoms with E-state index >= 15 is 0 Å². The number of anilines is 3. The van der Waals surface area contributed by atoms with Crippen molar-refractivity contribution in [1.82, 2.24) is 9.97 Å². The SMILES string of the molecule is CCC(OCCN1CNc2c1nc(N)[nH]c2=O)P(=O)(O)O. The molecule has 2 rings (SSSR count). The first-order chi connectivity index (χ1) is 9.82. The van der Waals surface area contributed by atoms with E-state index < -0.39 is 13.4 Å². The van der Waals surface area contributed by atoms with Gasteiger partial charge in [-0.2, -0.15) is 4.98 Å². The van der Waals surface area contributed by atoms with E-state index in [0.717, 1.165) is 0 Å². The van der Waals surface area contributed by atoms with E-state index in [1.54, 1.807) is 11.8 Å². The molecule has 11 heteroatoms. The number of hydrogen-bond donors (Lipinski definition) is 5. The number of nitrogen functional groups attached to an aromatic ring is 1. The van der Waals surface area contributed by atoms with Gasteiger partial charge in [0.15, 0.2) is 11.7 Å². The van der Waals surface area contributed by atoms with Gasteiger partial charge in [-0.15, -0.1) is 0 Å². The molecule has 0 bridgehead atoms. The maximum Gasteiger partial charge on any atom is 0.354 e. The van der Waals surface area contributed by atoms with Gasteiger partial charge >= 0.3 is 7.60 Å². The fourth-order valence-corrected chi connectivity index (χ4v) is 2.83. The number of fused-ring (bicyclic) bond motifs is 1. The van der Waals surface area contributed by atoms with Crippen molar-refractivity contribution in [3.8, 4) is 0 Å². The average molecular weight is 319 g/mol. The van der Waals surface area contributed by atoms with E-state index in [1.807, 2.05) is 0 Å². The molecule has 0 fully saturated rings. The second-order valence-corrected chi connectivity index (χ2v) is 6.33. The first-order valence-corrected chi connectivity index (χ1v) is 8.06. The van der Waals surface area contributed by atoms with Crippen molar-refractivity contribution in [2.45, 2.75) is 19.2 Å². The standard InChI is InChI=1S/C10H18N5O5P/c1-2-6(21(17,18)19)20-4-3-15-5-12-7-8(15)13-10(11)14-9(7)16/h6,12H,2-5H2,1H3,(H2,17,18,19)(H3,11,13,14,16). The first kappa shape index (κ1) is 15.8. The number of rotatable bonds is 6. The number of nitrogens with one attached hydrogen (secondary N) is 2. The summed E-state index contributed by atoms with van der Waals surface area (Å²) in [6, 6.07) is 0. The maximum atomic E-state index is 11.6. The molecule has 118 valence electrons. The van der Waals surface area contributed by atoms with E-state index in [-0.39, 0.29) is 24.5 Å². The summed E-state index contributed by atoms with van der Waals surface area (Å²) in [5.41, 5.74) is 5.46. The minimum absolute atomic E-state index is 0.00928. The highest BCUT2D eigenvalue weighted by Gasteiger charge is 2.29. The molecule has 0 amide bonds. The molecule has 0 aliphatic carbocycles. The zero-order chi connectivity index (χ0) is 15.6. The second-order valence-electron chi connectivity index (χ2n) is 4.57. The fraction of sp³-hybridized carbons (Fsp3) is 0.600. The highest BCUT2D eigenvalue weighted by atomic mass is 31.2. The van der Waals surface area contributed by atoms with Crippen LogP contribution in [0.1, 0.15) is 13.3 Å². The van der Waals surface area contributed by atoms with Crippen molar-refractivity contribution in [3.05, 3.63) is 10.4 Å². The topological polar surface area (TPSA) is 154 Å². The molecule has 1 aliphatic heterocycles. The summed E-state index contributed by atoms with van der Waals surface area (Å²) in [6.07, 6.45) is 0.212. The van der Waals surface area contributed by atoms with Crippen LogP contribution < -0.4 is 21.5 Å². The summed E-state index contributed by atoms with van der Waals surface area (Å²) in [6.45, 7) is 2.41. The van der Waals surface area contributed by atoms with E-state index in [2.05, 4.69) is 15.3 Å². The highest BCUT2D eigenvalue weighted by molar-refractivity contribution is 7.52. The average Bonchev–Trinajstić information content (AvgIpc) is 2.76. The Morgan fingerprint density at radius 2 is 2.29 bits per heavy atom. The van der Waals surface area contributed by atoms with Crippen molar-refractivity contribution in [2.75, 3.05) is 35.8 Å². The molecule has 1 aromatic heterocycles. The third kappa shape index (κ3) is 3.53. The summed E-state index contributed by atoms with van der Waals surface area (Å²) in [5.74, 6) is -0.705. The summed E-state index contributed by atoms with van der Waals surface area (Å²) < 4.78 is 16.4. The highest BCUT2D eigenvalue weighted by Crippen LogP contribution is 2.43. The van der Waals surface area contributed by atoms with Crippen molar-refractivity contribution in [1.29, 1.82) is 0 Å². The molecule has 6 N–H and O–H groups in total. The van der Waals surface area contributed by atoms with Crippen LogP contribution in [-0.4, -0.2) is 45.4 Å². The molecule has 0 spiro atoms. The predicted octanol–water partition coefficient (Wildman–Crippen LogP) is -0.528. The lowest BCUT2D eigenvalue weighted by atomic mass is 10.4. The molecule has 21 heavy (non-hydrogen) atoms. The van der Waals surface area contributed by atoms with Gasteiger partial charge in [0.1, 0.15) is 5.69 Å². The van der Waals surface area contributed by atoms with E-state index in [1.165, 1.54) is 0 Å². The molecule has 2 heterocycles. The number of nitrogens with zero attached hydrogens (tertiary/aromatic N) is 2. The largest absolute Gasteiger partial charge is 0.369 e. The third-order valence-electron chi connectivity index (χ3n) is 3.06. The van der Waals surface area contributed by atoms with Crippen LogP contribution in [0, 0.1) is 0 Å². The lowest BCUT2D eigenvalue weighted by molar-refractivity contribution is 0.0883. The number of aromatic nitrogens is 2. The van der Waals surface area contributed by atoms with Crippen molar-refractivity contribution in [2.24, 2.45) is 0 Å². The lowest BCUT2D eigenvalue weighted by Crippen LogP contribution is -2.29. The van der Waals surface area contributed by atoms with Crippen LogP contribution >= 0.6 is 7.60 Å². The Hall–Kier alpha value is -1.61. The van der Waals surface area contributed by atoms with E-state index in [9.17, 15) is 9.36 Å². The Bertz CT molecular complexity index is 614. The van der Waals surface area contributed by atoms with Crippen LogP contribution in [0.15, 0.2) is 4.79 Å². The van der Waals surface area contributed by atoms with Crippen molar-refractivity contribution >= 4 is 25.0 Å². The summed E-state index contributed by atoms with van der Waals surface area (Å²) >= 11 is 0. The molecule has 1 aliphatic rings. The van der Waals surface area contributed by atoms with Crippen molar-refractivity contribution in [3.63, 3.8) is 0 Å². The molecular weight excluding hydrogens is 301 g/mol. The van der Waals surface area contributed by atoms with Crippen LogP contribution in [0.3, 0.4) is 0 Å². The molecule has 0 saturated heterocycles. The van der Waals surface area contributed by atoms with Crippen molar-refractivity contribution < 1.29 is 19.1 Å². The number of hydrogen-bond acceptors (Lipinski definition) is 7. The zero-order valence-electron chi connectivity index (χ0n) is 11.4. The number of H-pyrrole nitrogens is 1.